The molecule has 0 spiro atoms. The van der Waals surface area contributed by atoms with E-state index in [0.29, 0.717) is 17.9 Å². The molecule has 0 bridgehead atoms. The number of nitro benzene ring substituents is 1. The van der Waals surface area contributed by atoms with Crippen LogP contribution in [0.5, 0.6) is 11.5 Å². The number of ether oxygens (including phenoxy) is 2. The van der Waals surface area contributed by atoms with Crippen molar-refractivity contribution < 1.29 is 14.4 Å². The Morgan fingerprint density at radius 2 is 1.90 bits per heavy atom. The summed E-state index contributed by atoms with van der Waals surface area (Å²) in [4.78, 5) is 15.4. The van der Waals surface area contributed by atoms with E-state index in [1.807, 2.05) is 23.7 Å². The third-order valence-electron chi connectivity index (χ3n) is 5.33. The molecule has 29 heavy (non-hydrogen) atoms. The van der Waals surface area contributed by atoms with Gasteiger partial charge in [0.1, 0.15) is 5.82 Å². The summed E-state index contributed by atoms with van der Waals surface area (Å²) in [6.45, 7) is 4.27. The molecule has 1 aromatic heterocycles. The molecule has 0 aliphatic carbocycles. The van der Waals surface area contributed by atoms with Gasteiger partial charge in [0.15, 0.2) is 11.5 Å². The molecule has 0 saturated heterocycles. The van der Waals surface area contributed by atoms with Gasteiger partial charge in [-0.05, 0) is 43.2 Å². The van der Waals surface area contributed by atoms with Gasteiger partial charge in [-0.15, -0.1) is 0 Å². The quantitative estimate of drug-likeness (QED) is 0.394. The summed E-state index contributed by atoms with van der Waals surface area (Å²) in [5.74, 6) is 2.24. The number of rotatable bonds is 3. The number of fused-ring (bicyclic) bond motifs is 3. The molecule has 5 rings (SSSR count). The molecule has 0 radical (unpaired) electrons. The fourth-order valence-corrected chi connectivity index (χ4v) is 3.81. The molecule has 2 aliphatic heterocycles. The number of non-ortho nitro benzene ring substituents is 1. The number of aryl methyl sites for hydroxylation is 1. The van der Waals surface area contributed by atoms with Gasteiger partial charge in [-0.25, -0.2) is 9.66 Å². The van der Waals surface area contributed by atoms with Gasteiger partial charge < -0.3 is 9.47 Å². The first kappa shape index (κ1) is 17.4. The van der Waals surface area contributed by atoms with E-state index in [0.717, 1.165) is 46.0 Å². The molecular formula is C21H18N4O4. The molecule has 146 valence electrons. The van der Waals surface area contributed by atoms with Gasteiger partial charge in [-0.1, -0.05) is 6.92 Å². The number of benzene rings is 2. The van der Waals surface area contributed by atoms with E-state index in [4.69, 9.17) is 19.6 Å². The Kier molecular flexibility index (Phi) is 3.87. The molecule has 8 heteroatoms. The summed E-state index contributed by atoms with van der Waals surface area (Å²) in [7, 11) is 0. The predicted molar refractivity (Wildman–Crippen MR) is 106 cm³/mol. The second-order valence-electron chi connectivity index (χ2n) is 7.02. The fourth-order valence-electron chi connectivity index (χ4n) is 3.81. The Morgan fingerprint density at radius 3 is 2.59 bits per heavy atom. The van der Waals surface area contributed by atoms with Crippen molar-refractivity contribution in [2.75, 3.05) is 6.79 Å². The lowest BCUT2D eigenvalue weighted by Gasteiger charge is -2.11. The van der Waals surface area contributed by atoms with Crippen LogP contribution in [-0.4, -0.2) is 27.1 Å². The van der Waals surface area contributed by atoms with Crippen LogP contribution in [-0.2, 0) is 12.8 Å². The minimum Gasteiger partial charge on any atom is -0.454 e. The summed E-state index contributed by atoms with van der Waals surface area (Å²) in [6.07, 6.45) is 1.43. The van der Waals surface area contributed by atoms with Crippen LogP contribution in [0.1, 0.15) is 40.8 Å². The molecule has 0 N–H and O–H groups in total. The van der Waals surface area contributed by atoms with Crippen molar-refractivity contribution in [2.24, 2.45) is 5.10 Å². The Hall–Kier alpha value is -3.68. The first-order valence-electron chi connectivity index (χ1n) is 9.39. The van der Waals surface area contributed by atoms with E-state index in [-0.39, 0.29) is 12.5 Å². The van der Waals surface area contributed by atoms with Crippen molar-refractivity contribution in [1.29, 1.82) is 0 Å². The first-order chi connectivity index (χ1) is 14.0. The molecule has 0 atom stereocenters. The molecule has 3 aromatic rings. The molecule has 3 heterocycles. The number of hydrogen-bond donors (Lipinski definition) is 0. The van der Waals surface area contributed by atoms with Crippen LogP contribution in [0.25, 0.3) is 0 Å². The van der Waals surface area contributed by atoms with Crippen molar-refractivity contribution in [3.05, 3.63) is 80.4 Å². The van der Waals surface area contributed by atoms with Crippen LogP contribution in [0.4, 0.5) is 5.69 Å². The van der Waals surface area contributed by atoms with Gasteiger partial charge in [-0.2, -0.15) is 5.10 Å². The number of hydrogen-bond acceptors (Lipinski definition) is 6. The lowest BCUT2D eigenvalue weighted by Crippen LogP contribution is -2.08. The monoisotopic (exact) mass is 390 g/mol. The second-order valence-corrected chi connectivity index (χ2v) is 7.02. The van der Waals surface area contributed by atoms with E-state index in [2.05, 4.69) is 6.92 Å². The predicted octanol–water partition coefficient (Wildman–Crippen LogP) is 3.60. The smallest absolute Gasteiger partial charge is 0.269 e. The zero-order valence-electron chi connectivity index (χ0n) is 16.0. The van der Waals surface area contributed by atoms with E-state index in [9.17, 15) is 10.1 Å². The average Bonchev–Trinajstić information content (AvgIpc) is 3.25. The summed E-state index contributed by atoms with van der Waals surface area (Å²) in [6, 6.07) is 10.3. The van der Waals surface area contributed by atoms with Gasteiger partial charge in [-0.3, -0.25) is 10.1 Å². The Balaban J connectivity index is 1.74. The van der Waals surface area contributed by atoms with Crippen molar-refractivity contribution in [3.63, 3.8) is 0 Å². The maximum atomic E-state index is 11.0. The van der Waals surface area contributed by atoms with Crippen LogP contribution in [0, 0.1) is 17.0 Å². The average molecular weight is 390 g/mol. The van der Waals surface area contributed by atoms with E-state index in [1.54, 1.807) is 12.1 Å². The summed E-state index contributed by atoms with van der Waals surface area (Å²) < 4.78 is 13.0. The Morgan fingerprint density at radius 1 is 1.17 bits per heavy atom. The lowest BCUT2D eigenvalue weighted by molar-refractivity contribution is -0.384. The highest BCUT2D eigenvalue weighted by Gasteiger charge is 2.26. The fraction of sp³-hybridized carbons (Fsp3) is 0.238. The highest BCUT2D eigenvalue weighted by molar-refractivity contribution is 6.14. The molecule has 0 unspecified atom stereocenters. The number of nitro groups is 1. The maximum absolute atomic E-state index is 11.0. The number of imidazole rings is 1. The first-order valence-corrected chi connectivity index (χ1v) is 9.39. The largest absolute Gasteiger partial charge is 0.454 e. The maximum Gasteiger partial charge on any atom is 0.269 e. The van der Waals surface area contributed by atoms with Gasteiger partial charge >= 0.3 is 0 Å². The van der Waals surface area contributed by atoms with Crippen molar-refractivity contribution in [3.8, 4) is 11.5 Å². The zero-order valence-corrected chi connectivity index (χ0v) is 16.0. The highest BCUT2D eigenvalue weighted by atomic mass is 16.7. The van der Waals surface area contributed by atoms with Crippen LogP contribution < -0.4 is 9.47 Å². The van der Waals surface area contributed by atoms with Gasteiger partial charge in [0.2, 0.25) is 6.79 Å². The lowest BCUT2D eigenvalue weighted by atomic mass is 9.95. The summed E-state index contributed by atoms with van der Waals surface area (Å²) >= 11 is 0. The van der Waals surface area contributed by atoms with E-state index >= 15 is 0 Å². The number of nitrogens with zero attached hydrogens (tertiary/aromatic N) is 4. The van der Waals surface area contributed by atoms with Crippen LogP contribution in [0.2, 0.25) is 0 Å². The summed E-state index contributed by atoms with van der Waals surface area (Å²) in [5, 5.41) is 16.0. The molecule has 0 amide bonds. The Bertz CT molecular complexity index is 1180. The minimum absolute atomic E-state index is 0.0432. The standard InChI is InChI=1S/C21H18N4O4/c1-3-17-12(2)24-20(22-17)9-14-8-18-19(29-11-28-18)10-16(14)21(23-24)13-4-6-15(7-5-13)25(26)27/h4-8,10H,3,9,11H2,1-2H3. The zero-order chi connectivity index (χ0) is 20.1. The second kappa shape index (κ2) is 6.44. The van der Waals surface area contributed by atoms with Crippen molar-refractivity contribution in [1.82, 2.24) is 9.66 Å². The van der Waals surface area contributed by atoms with Gasteiger partial charge in [0, 0.05) is 29.7 Å². The van der Waals surface area contributed by atoms with Crippen molar-refractivity contribution in [2.45, 2.75) is 26.7 Å². The molecule has 0 fully saturated rings. The minimum atomic E-state index is -0.406. The molecule has 0 saturated carbocycles. The molecule has 2 aromatic carbocycles. The normalized spacial score (nSPS) is 14.1. The van der Waals surface area contributed by atoms with E-state index < -0.39 is 4.92 Å². The topological polar surface area (TPSA) is 91.8 Å². The van der Waals surface area contributed by atoms with Crippen LogP contribution in [0.15, 0.2) is 41.5 Å². The molecule has 8 nitrogen and oxygen atoms in total. The van der Waals surface area contributed by atoms with Crippen LogP contribution in [0.3, 0.4) is 0 Å². The molecular weight excluding hydrogens is 372 g/mol. The highest BCUT2D eigenvalue weighted by Crippen LogP contribution is 2.37. The van der Waals surface area contributed by atoms with Crippen LogP contribution >= 0.6 is 0 Å². The Labute approximate surface area is 166 Å². The third-order valence-corrected chi connectivity index (χ3v) is 5.33. The third kappa shape index (κ3) is 2.75. The SMILES string of the molecule is CCc1nc2n(c1C)N=C(c1ccc([N+](=O)[O-])cc1)c1cc3c(cc1C2)OCO3. The summed E-state index contributed by atoms with van der Waals surface area (Å²) in [5.41, 5.74) is 5.49. The van der Waals surface area contributed by atoms with Crippen molar-refractivity contribution >= 4 is 11.4 Å². The van der Waals surface area contributed by atoms with Gasteiger partial charge in [0.25, 0.3) is 5.69 Å². The van der Waals surface area contributed by atoms with E-state index in [1.165, 1.54) is 12.1 Å². The van der Waals surface area contributed by atoms with Gasteiger partial charge in [0.05, 0.1) is 22.0 Å². The number of aromatic nitrogens is 2. The molecule has 2 aliphatic rings.